The first-order valence-corrected chi connectivity index (χ1v) is 7.44. The van der Waals surface area contributed by atoms with Crippen molar-refractivity contribution in [3.63, 3.8) is 0 Å². The third-order valence-corrected chi connectivity index (χ3v) is 2.82. The largest absolute Gasteiger partial charge is 0.524 e. The molecule has 11 heteroatoms. The first-order chi connectivity index (χ1) is 9.33. The van der Waals surface area contributed by atoms with E-state index >= 15 is 0 Å². The Kier molecular flexibility index (Phi) is 7.25. The summed E-state index contributed by atoms with van der Waals surface area (Å²) in [4.78, 5) is 16.9. The molecular weight excluding hydrogens is 329 g/mol. The van der Waals surface area contributed by atoms with Crippen LogP contribution < -0.4 is 0 Å². The zero-order chi connectivity index (χ0) is 16.9. The lowest BCUT2D eigenvalue weighted by atomic mass is 10.1. The fourth-order valence-corrected chi connectivity index (χ4v) is 1.81. The summed E-state index contributed by atoms with van der Waals surface area (Å²) in [6, 6.07) is 0. The second kappa shape index (κ2) is 7.51. The van der Waals surface area contributed by atoms with Gasteiger partial charge in [-0.3, -0.25) is 9.79 Å². The molecular formula is C10H15F6O4P. The molecule has 2 N–H and O–H groups in total. The molecule has 0 aromatic rings. The van der Waals surface area contributed by atoms with E-state index in [1.807, 2.05) is 0 Å². The molecule has 0 fully saturated rings. The lowest BCUT2D eigenvalue weighted by Crippen LogP contribution is -2.37. The van der Waals surface area contributed by atoms with E-state index in [-0.39, 0.29) is 6.42 Å². The molecule has 21 heavy (non-hydrogen) atoms. The number of alkyl halides is 5. The number of hydrogen-bond acceptors (Lipinski definition) is 2. The van der Waals surface area contributed by atoms with Crippen molar-refractivity contribution in [3.05, 3.63) is 11.6 Å². The Morgan fingerprint density at radius 3 is 2.00 bits per heavy atom. The minimum atomic E-state index is -6.23. The summed E-state index contributed by atoms with van der Waals surface area (Å²) in [5.41, 5.74) is 0. The molecule has 0 bridgehead atoms. The van der Waals surface area contributed by atoms with Crippen LogP contribution in [0.15, 0.2) is 11.6 Å². The summed E-state index contributed by atoms with van der Waals surface area (Å²) >= 11 is 0. The minimum absolute atomic E-state index is 0.0511. The number of unbranched alkanes of at least 4 members (excludes halogenated alkanes) is 3. The maximum Gasteiger partial charge on any atom is 0.524 e. The normalized spacial score (nSPS) is 14.9. The van der Waals surface area contributed by atoms with E-state index in [9.17, 15) is 30.9 Å². The predicted octanol–water partition coefficient (Wildman–Crippen LogP) is 4.44. The average Bonchev–Trinajstić information content (AvgIpc) is 2.29. The van der Waals surface area contributed by atoms with Crippen LogP contribution in [0.5, 0.6) is 0 Å². The van der Waals surface area contributed by atoms with E-state index in [0.29, 0.717) is 19.3 Å². The number of allylic oxidation sites excluding steroid dienone is 2. The fraction of sp³-hybridized carbons (Fsp3) is 0.800. The van der Waals surface area contributed by atoms with Gasteiger partial charge < -0.3 is 4.52 Å². The van der Waals surface area contributed by atoms with Crippen LogP contribution in [-0.4, -0.2) is 21.9 Å². The van der Waals surface area contributed by atoms with Crippen molar-refractivity contribution in [3.8, 4) is 0 Å². The van der Waals surface area contributed by atoms with Crippen LogP contribution in [0.2, 0.25) is 0 Å². The summed E-state index contributed by atoms with van der Waals surface area (Å²) in [5, 5.41) is 0. The molecule has 0 aromatic heterocycles. The van der Waals surface area contributed by atoms with Gasteiger partial charge in [-0.05, 0) is 6.42 Å². The smallest absolute Gasteiger partial charge is 0.406 e. The van der Waals surface area contributed by atoms with Gasteiger partial charge in [0.1, 0.15) is 5.76 Å². The van der Waals surface area contributed by atoms with Crippen molar-refractivity contribution in [1.29, 1.82) is 0 Å². The maximum absolute atomic E-state index is 13.3. The monoisotopic (exact) mass is 344 g/mol. The molecule has 0 aliphatic heterocycles. The summed E-state index contributed by atoms with van der Waals surface area (Å²) in [5.74, 6) is -10.6. The third-order valence-electron chi connectivity index (χ3n) is 2.36. The predicted molar refractivity (Wildman–Crippen MR) is 61.0 cm³/mol. The number of phosphoric ester groups is 1. The van der Waals surface area contributed by atoms with Crippen LogP contribution in [0.25, 0.3) is 0 Å². The Labute approximate surface area is 117 Å². The van der Waals surface area contributed by atoms with E-state index in [1.165, 1.54) is 0 Å². The molecule has 0 heterocycles. The van der Waals surface area contributed by atoms with Crippen molar-refractivity contribution in [1.82, 2.24) is 0 Å². The zero-order valence-corrected chi connectivity index (χ0v) is 11.9. The van der Waals surface area contributed by atoms with Crippen LogP contribution in [0.1, 0.15) is 39.0 Å². The first kappa shape index (κ1) is 20.3. The van der Waals surface area contributed by atoms with Crippen molar-refractivity contribution in [2.75, 3.05) is 0 Å². The molecule has 0 spiro atoms. The Hall–Kier alpha value is -0.730. The van der Waals surface area contributed by atoms with Crippen molar-refractivity contribution in [2.45, 2.75) is 51.1 Å². The molecule has 0 saturated carbocycles. The van der Waals surface area contributed by atoms with Gasteiger partial charge in [-0.1, -0.05) is 26.2 Å². The maximum atomic E-state index is 13.3. The van der Waals surface area contributed by atoms with Gasteiger partial charge in [0.15, 0.2) is 0 Å². The van der Waals surface area contributed by atoms with E-state index in [1.54, 1.807) is 6.92 Å². The van der Waals surface area contributed by atoms with E-state index < -0.39 is 37.9 Å². The number of hydrogen-bond donors (Lipinski definition) is 2. The fourth-order valence-electron chi connectivity index (χ4n) is 1.35. The average molecular weight is 344 g/mol. The Balaban J connectivity index is 5.33. The van der Waals surface area contributed by atoms with Gasteiger partial charge in [0.05, 0.1) is 0 Å². The standard InChI is InChI=1S/C10H15F6O4P/c1-2-3-4-5-6-7(20-21(17,18)19)8(11)9(12,13)10(14,15)16/h2-6H2,1H3,(H2,17,18,19). The lowest BCUT2D eigenvalue weighted by molar-refractivity contribution is -0.271. The topological polar surface area (TPSA) is 66.8 Å². The van der Waals surface area contributed by atoms with Crippen molar-refractivity contribution in [2.24, 2.45) is 0 Å². The second-order valence-electron chi connectivity index (χ2n) is 4.20. The molecule has 0 atom stereocenters. The second-order valence-corrected chi connectivity index (χ2v) is 5.37. The van der Waals surface area contributed by atoms with Crippen LogP contribution in [0.3, 0.4) is 0 Å². The molecule has 4 nitrogen and oxygen atoms in total. The SMILES string of the molecule is CCCCCCC(OP(=O)(O)O)=C(F)C(F)(F)C(F)(F)F. The van der Waals surface area contributed by atoms with Gasteiger partial charge in [0.2, 0.25) is 5.83 Å². The van der Waals surface area contributed by atoms with E-state index in [0.717, 1.165) is 0 Å². The number of rotatable bonds is 8. The Morgan fingerprint density at radius 1 is 1.10 bits per heavy atom. The summed E-state index contributed by atoms with van der Waals surface area (Å²) in [6.45, 7) is 1.79. The molecule has 0 aliphatic rings. The van der Waals surface area contributed by atoms with Gasteiger partial charge in [-0.2, -0.15) is 22.0 Å². The van der Waals surface area contributed by atoms with E-state index in [2.05, 4.69) is 4.52 Å². The first-order valence-electron chi connectivity index (χ1n) is 5.91. The molecule has 0 rings (SSSR count). The molecule has 0 aliphatic carbocycles. The third kappa shape index (κ3) is 6.71. The van der Waals surface area contributed by atoms with Gasteiger partial charge in [0.25, 0.3) is 0 Å². The minimum Gasteiger partial charge on any atom is -0.406 e. The summed E-state index contributed by atoms with van der Waals surface area (Å²) < 4.78 is 89.3. The zero-order valence-electron chi connectivity index (χ0n) is 11.0. The van der Waals surface area contributed by atoms with E-state index in [4.69, 9.17) is 9.79 Å². The van der Waals surface area contributed by atoms with Crippen LogP contribution in [0, 0.1) is 0 Å². The van der Waals surface area contributed by atoms with Gasteiger partial charge in [-0.15, -0.1) is 0 Å². The molecule has 0 radical (unpaired) electrons. The molecule has 0 amide bonds. The highest BCUT2D eigenvalue weighted by atomic mass is 31.2. The van der Waals surface area contributed by atoms with Gasteiger partial charge in [-0.25, -0.2) is 8.96 Å². The summed E-state index contributed by atoms with van der Waals surface area (Å²) in [6.07, 6.45) is -5.40. The highest BCUT2D eigenvalue weighted by molar-refractivity contribution is 7.46. The van der Waals surface area contributed by atoms with Crippen LogP contribution >= 0.6 is 7.82 Å². The Morgan fingerprint density at radius 2 is 1.62 bits per heavy atom. The number of halogens is 6. The molecule has 0 aromatic carbocycles. The van der Waals surface area contributed by atoms with Crippen LogP contribution in [0.4, 0.5) is 26.3 Å². The summed E-state index contributed by atoms with van der Waals surface area (Å²) in [7, 11) is -5.45. The van der Waals surface area contributed by atoms with Crippen molar-refractivity contribution < 1.29 is 45.2 Å². The lowest BCUT2D eigenvalue weighted by Gasteiger charge is -2.20. The van der Waals surface area contributed by atoms with Crippen LogP contribution in [-0.2, 0) is 9.09 Å². The van der Waals surface area contributed by atoms with Gasteiger partial charge in [0, 0.05) is 6.42 Å². The number of phosphoric acid groups is 1. The molecule has 0 saturated heterocycles. The van der Waals surface area contributed by atoms with Gasteiger partial charge >= 0.3 is 19.9 Å². The highest BCUT2D eigenvalue weighted by Crippen LogP contribution is 2.47. The van der Waals surface area contributed by atoms with Crippen molar-refractivity contribution >= 4 is 7.82 Å². The Bertz CT molecular complexity index is 414. The highest BCUT2D eigenvalue weighted by Gasteiger charge is 2.62. The quantitative estimate of drug-likeness (QED) is 0.296. The molecule has 126 valence electrons. The molecule has 0 unspecified atom stereocenters.